The van der Waals surface area contributed by atoms with Crippen LogP contribution in [-0.2, 0) is 0 Å². The molecule has 0 spiro atoms. The van der Waals surface area contributed by atoms with Crippen LogP contribution in [0.25, 0.3) is 0 Å². The number of amides is 1. The van der Waals surface area contributed by atoms with Crippen molar-refractivity contribution in [3.8, 4) is 0 Å². The second-order valence-corrected chi connectivity index (χ2v) is 4.27. The zero-order valence-electron chi connectivity index (χ0n) is 10.2. The maximum absolute atomic E-state index is 11.7. The molecular formula is C11H17ClN4O. The number of hydrogen-bond donors (Lipinski definition) is 2. The van der Waals surface area contributed by atoms with Gasteiger partial charge in [-0.25, -0.2) is 4.98 Å². The molecule has 0 unspecified atom stereocenters. The van der Waals surface area contributed by atoms with Gasteiger partial charge in [0.05, 0.1) is 10.6 Å². The fourth-order valence-corrected chi connectivity index (χ4v) is 1.50. The first-order valence-electron chi connectivity index (χ1n) is 5.31. The van der Waals surface area contributed by atoms with E-state index in [0.29, 0.717) is 22.9 Å². The lowest BCUT2D eigenvalue weighted by Gasteiger charge is -2.10. The number of carbonyl (C=O) groups is 1. The number of likely N-dealkylation sites (N-methyl/N-ethyl adjacent to an activating group) is 1. The fourth-order valence-electron chi connectivity index (χ4n) is 1.24. The summed E-state index contributed by atoms with van der Waals surface area (Å²) in [5.41, 5.74) is 0.466. The van der Waals surface area contributed by atoms with Crippen LogP contribution < -0.4 is 10.6 Å². The van der Waals surface area contributed by atoms with Crippen molar-refractivity contribution in [2.24, 2.45) is 0 Å². The van der Waals surface area contributed by atoms with Gasteiger partial charge in [0.25, 0.3) is 5.91 Å². The molecule has 0 fully saturated rings. The van der Waals surface area contributed by atoms with Crippen LogP contribution in [0, 0.1) is 0 Å². The quantitative estimate of drug-likeness (QED) is 0.828. The maximum Gasteiger partial charge on any atom is 0.252 e. The Morgan fingerprint density at radius 3 is 2.76 bits per heavy atom. The van der Waals surface area contributed by atoms with E-state index >= 15 is 0 Å². The van der Waals surface area contributed by atoms with Crippen molar-refractivity contribution in [2.45, 2.75) is 0 Å². The lowest BCUT2D eigenvalue weighted by molar-refractivity contribution is 0.0950. The van der Waals surface area contributed by atoms with Crippen LogP contribution in [0.15, 0.2) is 12.3 Å². The summed E-state index contributed by atoms with van der Waals surface area (Å²) in [6.07, 6.45) is 1.50. The van der Waals surface area contributed by atoms with Gasteiger partial charge in [0, 0.05) is 26.3 Å². The van der Waals surface area contributed by atoms with Gasteiger partial charge < -0.3 is 15.5 Å². The first-order valence-corrected chi connectivity index (χ1v) is 5.68. The van der Waals surface area contributed by atoms with Gasteiger partial charge in [-0.05, 0) is 20.2 Å². The Bertz CT molecular complexity index is 395. The van der Waals surface area contributed by atoms with Crippen LogP contribution in [0.4, 0.5) is 5.82 Å². The summed E-state index contributed by atoms with van der Waals surface area (Å²) in [7, 11) is 5.63. The van der Waals surface area contributed by atoms with Crippen molar-refractivity contribution in [3.05, 3.63) is 22.8 Å². The van der Waals surface area contributed by atoms with Gasteiger partial charge in [-0.15, -0.1) is 0 Å². The van der Waals surface area contributed by atoms with Gasteiger partial charge in [0.15, 0.2) is 0 Å². The summed E-state index contributed by atoms with van der Waals surface area (Å²) in [5, 5.41) is 6.07. The second-order valence-electron chi connectivity index (χ2n) is 3.86. The van der Waals surface area contributed by atoms with Crippen LogP contribution in [0.2, 0.25) is 5.02 Å². The molecule has 1 amide bonds. The molecule has 94 valence electrons. The summed E-state index contributed by atoms with van der Waals surface area (Å²) in [5.74, 6) is 0.403. The van der Waals surface area contributed by atoms with Crippen LogP contribution in [0.1, 0.15) is 10.4 Å². The number of halogens is 1. The molecule has 1 heterocycles. The Morgan fingerprint density at radius 1 is 1.53 bits per heavy atom. The lowest BCUT2D eigenvalue weighted by Crippen LogP contribution is -2.31. The van der Waals surface area contributed by atoms with E-state index in [-0.39, 0.29) is 5.91 Å². The fraction of sp³-hybridized carbons (Fsp3) is 0.455. The van der Waals surface area contributed by atoms with Gasteiger partial charge in [-0.2, -0.15) is 0 Å². The predicted octanol–water partition coefficient (Wildman–Crippen LogP) is 1.07. The molecule has 0 aromatic carbocycles. The van der Waals surface area contributed by atoms with Crippen LogP contribution >= 0.6 is 11.6 Å². The monoisotopic (exact) mass is 256 g/mol. The van der Waals surface area contributed by atoms with Gasteiger partial charge in [-0.1, -0.05) is 11.6 Å². The topological polar surface area (TPSA) is 57.3 Å². The largest absolute Gasteiger partial charge is 0.372 e. The summed E-state index contributed by atoms with van der Waals surface area (Å²) in [6.45, 7) is 1.39. The number of carbonyl (C=O) groups excluding carboxylic acids is 1. The molecular weight excluding hydrogens is 240 g/mol. The average molecular weight is 257 g/mol. The van der Waals surface area contributed by atoms with Gasteiger partial charge in [-0.3, -0.25) is 4.79 Å². The third-order valence-corrected chi connectivity index (χ3v) is 2.47. The van der Waals surface area contributed by atoms with E-state index in [1.807, 2.05) is 19.0 Å². The Hall–Kier alpha value is -1.33. The highest BCUT2D eigenvalue weighted by molar-refractivity contribution is 6.33. The van der Waals surface area contributed by atoms with Crippen molar-refractivity contribution in [1.82, 2.24) is 15.2 Å². The molecule has 0 radical (unpaired) electrons. The minimum absolute atomic E-state index is 0.163. The van der Waals surface area contributed by atoms with Crippen LogP contribution in [0.5, 0.6) is 0 Å². The molecule has 0 aliphatic carbocycles. The lowest BCUT2D eigenvalue weighted by atomic mass is 10.2. The first-order chi connectivity index (χ1) is 8.04. The zero-order chi connectivity index (χ0) is 12.8. The number of anilines is 1. The molecule has 2 N–H and O–H groups in total. The van der Waals surface area contributed by atoms with E-state index < -0.39 is 0 Å². The number of nitrogens with zero attached hydrogens (tertiary/aromatic N) is 2. The van der Waals surface area contributed by atoms with Crippen molar-refractivity contribution in [3.63, 3.8) is 0 Å². The normalized spacial score (nSPS) is 10.4. The molecule has 0 saturated carbocycles. The molecule has 0 bridgehead atoms. The standard InChI is InChI=1S/C11H17ClN4O/c1-13-10-9(12)6-8(7-15-10)11(17)14-4-5-16(2)3/h6-7H,4-5H2,1-3H3,(H,13,15)(H,14,17). The molecule has 0 aliphatic heterocycles. The van der Waals surface area contributed by atoms with Crippen LogP contribution in [-0.4, -0.2) is 50.0 Å². The van der Waals surface area contributed by atoms with E-state index in [2.05, 4.69) is 15.6 Å². The van der Waals surface area contributed by atoms with E-state index in [1.54, 1.807) is 13.1 Å². The number of rotatable bonds is 5. The Morgan fingerprint density at radius 2 is 2.24 bits per heavy atom. The van der Waals surface area contributed by atoms with Crippen molar-refractivity contribution in [2.75, 3.05) is 39.5 Å². The smallest absolute Gasteiger partial charge is 0.252 e. The second kappa shape index (κ2) is 6.42. The van der Waals surface area contributed by atoms with E-state index in [9.17, 15) is 4.79 Å². The summed E-state index contributed by atoms with van der Waals surface area (Å²) < 4.78 is 0. The summed E-state index contributed by atoms with van der Waals surface area (Å²) >= 11 is 5.94. The molecule has 0 aliphatic rings. The van der Waals surface area contributed by atoms with Crippen molar-refractivity contribution >= 4 is 23.3 Å². The number of nitrogens with one attached hydrogen (secondary N) is 2. The molecule has 17 heavy (non-hydrogen) atoms. The third kappa shape index (κ3) is 4.20. The molecule has 1 aromatic heterocycles. The number of hydrogen-bond acceptors (Lipinski definition) is 4. The van der Waals surface area contributed by atoms with Gasteiger partial charge >= 0.3 is 0 Å². The Kier molecular flexibility index (Phi) is 5.18. The minimum atomic E-state index is -0.163. The Labute approximate surface area is 106 Å². The molecule has 6 heteroatoms. The van der Waals surface area contributed by atoms with E-state index in [4.69, 9.17) is 11.6 Å². The van der Waals surface area contributed by atoms with Crippen molar-refractivity contribution < 1.29 is 4.79 Å². The SMILES string of the molecule is CNc1ncc(C(=O)NCCN(C)C)cc1Cl. The highest BCUT2D eigenvalue weighted by Crippen LogP contribution is 2.19. The van der Waals surface area contributed by atoms with Gasteiger partial charge in [0.2, 0.25) is 0 Å². The zero-order valence-corrected chi connectivity index (χ0v) is 11.0. The number of aromatic nitrogens is 1. The summed E-state index contributed by atoms with van der Waals surface area (Å²) in [4.78, 5) is 17.8. The highest BCUT2D eigenvalue weighted by Gasteiger charge is 2.08. The molecule has 1 aromatic rings. The maximum atomic E-state index is 11.7. The average Bonchev–Trinajstić information content (AvgIpc) is 2.28. The molecule has 1 rings (SSSR count). The van der Waals surface area contributed by atoms with E-state index in [0.717, 1.165) is 6.54 Å². The first kappa shape index (κ1) is 13.7. The molecule has 5 nitrogen and oxygen atoms in total. The minimum Gasteiger partial charge on any atom is -0.372 e. The van der Waals surface area contributed by atoms with E-state index in [1.165, 1.54) is 6.20 Å². The Balaban J connectivity index is 2.60. The molecule has 0 atom stereocenters. The van der Waals surface area contributed by atoms with Crippen molar-refractivity contribution in [1.29, 1.82) is 0 Å². The summed E-state index contributed by atoms with van der Waals surface area (Å²) in [6, 6.07) is 1.60. The molecule has 0 saturated heterocycles. The third-order valence-electron chi connectivity index (χ3n) is 2.18. The highest BCUT2D eigenvalue weighted by atomic mass is 35.5. The number of pyridine rings is 1. The van der Waals surface area contributed by atoms with Crippen LogP contribution in [0.3, 0.4) is 0 Å². The predicted molar refractivity (Wildman–Crippen MR) is 69.7 cm³/mol. The van der Waals surface area contributed by atoms with Gasteiger partial charge in [0.1, 0.15) is 5.82 Å².